The SMILES string of the molecule is O=S(=O)(NCCc1c[nH]c2ccccc12)c1ccc(-c2cc(C(F)(F)F)cc(C(F)(F)F)c2)cc1. The van der Waals surface area contributed by atoms with Gasteiger partial charge in [-0.1, -0.05) is 30.3 Å². The number of hydrogen-bond acceptors (Lipinski definition) is 2. The molecule has 4 rings (SSSR count). The predicted octanol–water partition coefficient (Wildman–Crippen LogP) is 6.39. The molecule has 0 aliphatic carbocycles. The highest BCUT2D eigenvalue weighted by molar-refractivity contribution is 7.89. The van der Waals surface area contributed by atoms with E-state index in [2.05, 4.69) is 9.71 Å². The van der Waals surface area contributed by atoms with Gasteiger partial charge in [0, 0.05) is 23.6 Å². The molecule has 0 aliphatic heterocycles. The van der Waals surface area contributed by atoms with Crippen molar-refractivity contribution < 1.29 is 34.8 Å². The number of para-hydroxylation sites is 1. The van der Waals surface area contributed by atoms with Crippen LogP contribution in [0.15, 0.2) is 77.8 Å². The standard InChI is InChI=1S/C24H18F6N2O2S/c25-23(26,27)18-11-17(12-19(13-18)24(28,29)30)15-5-7-20(8-6-15)35(33,34)32-10-9-16-14-31-22-4-2-1-3-21(16)22/h1-8,11-14,31-32H,9-10H2. The molecule has 0 saturated carbocycles. The lowest BCUT2D eigenvalue weighted by Gasteiger charge is -2.14. The van der Waals surface area contributed by atoms with E-state index in [1.54, 1.807) is 6.20 Å². The Hall–Kier alpha value is -3.31. The Morgan fingerprint density at radius 2 is 1.37 bits per heavy atom. The van der Waals surface area contributed by atoms with Gasteiger partial charge in [0.25, 0.3) is 0 Å². The molecule has 3 aromatic carbocycles. The molecule has 0 unspecified atom stereocenters. The molecule has 0 saturated heterocycles. The van der Waals surface area contributed by atoms with Gasteiger partial charge in [0.2, 0.25) is 10.0 Å². The lowest BCUT2D eigenvalue weighted by atomic mass is 9.99. The third kappa shape index (κ3) is 5.51. The highest BCUT2D eigenvalue weighted by Gasteiger charge is 2.37. The van der Waals surface area contributed by atoms with E-state index >= 15 is 0 Å². The number of benzene rings is 3. The minimum absolute atomic E-state index is 0.0133. The topological polar surface area (TPSA) is 62.0 Å². The van der Waals surface area contributed by atoms with Gasteiger partial charge in [-0.3, -0.25) is 0 Å². The van der Waals surface area contributed by atoms with Gasteiger partial charge in [-0.2, -0.15) is 26.3 Å². The van der Waals surface area contributed by atoms with Crippen LogP contribution in [0.3, 0.4) is 0 Å². The van der Waals surface area contributed by atoms with Gasteiger partial charge in [0.15, 0.2) is 0 Å². The van der Waals surface area contributed by atoms with Gasteiger partial charge < -0.3 is 4.98 Å². The molecule has 4 nitrogen and oxygen atoms in total. The van der Waals surface area contributed by atoms with Crippen LogP contribution in [0.5, 0.6) is 0 Å². The zero-order valence-corrected chi connectivity index (χ0v) is 18.7. The average molecular weight is 512 g/mol. The third-order valence-corrected chi connectivity index (χ3v) is 6.92. The molecule has 0 atom stereocenters. The fourth-order valence-corrected chi connectivity index (χ4v) is 4.72. The molecule has 0 spiro atoms. The first-order valence-electron chi connectivity index (χ1n) is 10.3. The van der Waals surface area contributed by atoms with Gasteiger partial charge in [-0.25, -0.2) is 13.1 Å². The lowest BCUT2D eigenvalue weighted by Crippen LogP contribution is -2.25. The predicted molar refractivity (Wildman–Crippen MR) is 119 cm³/mol. The van der Waals surface area contributed by atoms with Crippen molar-refractivity contribution in [3.8, 4) is 11.1 Å². The van der Waals surface area contributed by atoms with Crippen molar-refractivity contribution in [3.63, 3.8) is 0 Å². The summed E-state index contributed by atoms with van der Waals surface area (Å²) in [4.78, 5) is 2.93. The van der Waals surface area contributed by atoms with E-state index < -0.39 is 33.5 Å². The van der Waals surface area contributed by atoms with Crippen LogP contribution >= 0.6 is 0 Å². The molecular weight excluding hydrogens is 494 g/mol. The van der Waals surface area contributed by atoms with Crippen LogP contribution in [0.4, 0.5) is 26.3 Å². The number of fused-ring (bicyclic) bond motifs is 1. The van der Waals surface area contributed by atoms with E-state index in [0.29, 0.717) is 18.6 Å². The number of H-pyrrole nitrogens is 1. The van der Waals surface area contributed by atoms with E-state index in [-0.39, 0.29) is 28.6 Å². The van der Waals surface area contributed by atoms with Crippen molar-refractivity contribution in [1.82, 2.24) is 9.71 Å². The molecule has 11 heteroatoms. The average Bonchev–Trinajstić information content (AvgIpc) is 3.21. The monoisotopic (exact) mass is 512 g/mol. The summed E-state index contributed by atoms with van der Waals surface area (Å²) in [7, 11) is -3.95. The summed E-state index contributed by atoms with van der Waals surface area (Å²) in [6.07, 6.45) is -7.76. The molecule has 2 N–H and O–H groups in total. The van der Waals surface area contributed by atoms with Crippen LogP contribution in [0.25, 0.3) is 22.0 Å². The summed E-state index contributed by atoms with van der Waals surface area (Å²) in [5.74, 6) is 0. The highest BCUT2D eigenvalue weighted by Crippen LogP contribution is 2.38. The van der Waals surface area contributed by atoms with Crippen molar-refractivity contribution in [1.29, 1.82) is 0 Å². The Balaban J connectivity index is 1.53. The number of aromatic amines is 1. The smallest absolute Gasteiger partial charge is 0.361 e. The largest absolute Gasteiger partial charge is 0.416 e. The Morgan fingerprint density at radius 3 is 1.97 bits per heavy atom. The highest BCUT2D eigenvalue weighted by atomic mass is 32.2. The van der Waals surface area contributed by atoms with Crippen molar-refractivity contribution in [2.45, 2.75) is 23.7 Å². The fraction of sp³-hybridized carbons (Fsp3) is 0.167. The second-order valence-corrected chi connectivity index (χ2v) is 9.59. The van der Waals surface area contributed by atoms with Crippen LogP contribution < -0.4 is 4.72 Å². The van der Waals surface area contributed by atoms with E-state index in [9.17, 15) is 34.8 Å². The molecule has 0 amide bonds. The Kier molecular flexibility index (Phi) is 6.41. The number of sulfonamides is 1. The van der Waals surface area contributed by atoms with Gasteiger partial charge in [0.05, 0.1) is 16.0 Å². The summed E-state index contributed by atoms with van der Waals surface area (Å²) >= 11 is 0. The first-order valence-corrected chi connectivity index (χ1v) is 11.8. The summed E-state index contributed by atoms with van der Waals surface area (Å²) < 4.78 is 106. The first kappa shape index (κ1) is 24.8. The van der Waals surface area contributed by atoms with Crippen LogP contribution in [0.1, 0.15) is 16.7 Å². The van der Waals surface area contributed by atoms with Gasteiger partial charge in [-0.05, 0) is 59.5 Å². The molecule has 35 heavy (non-hydrogen) atoms. The van der Waals surface area contributed by atoms with Gasteiger partial charge >= 0.3 is 12.4 Å². The van der Waals surface area contributed by atoms with Crippen LogP contribution in [-0.2, 0) is 28.8 Å². The summed E-state index contributed by atoms with van der Waals surface area (Å²) in [5, 5.41) is 0.968. The van der Waals surface area contributed by atoms with Crippen molar-refractivity contribution in [2.75, 3.05) is 6.54 Å². The summed E-state index contributed by atoms with van der Waals surface area (Å²) in [6.45, 7) is 0.0918. The minimum atomic E-state index is -4.98. The van der Waals surface area contributed by atoms with Crippen molar-refractivity contribution in [2.24, 2.45) is 0 Å². The number of hydrogen-bond donors (Lipinski definition) is 2. The number of halogens is 6. The van der Waals surface area contributed by atoms with Crippen LogP contribution in [0, 0.1) is 0 Å². The Morgan fingerprint density at radius 1 is 0.771 bits per heavy atom. The molecular formula is C24H18F6N2O2S. The molecule has 1 heterocycles. The second kappa shape index (κ2) is 9.04. The second-order valence-electron chi connectivity index (χ2n) is 7.83. The van der Waals surface area contributed by atoms with E-state index in [1.165, 1.54) is 12.1 Å². The van der Waals surface area contributed by atoms with E-state index in [0.717, 1.165) is 28.6 Å². The van der Waals surface area contributed by atoms with Crippen molar-refractivity contribution >= 4 is 20.9 Å². The molecule has 0 radical (unpaired) electrons. The summed E-state index contributed by atoms with van der Waals surface area (Å²) in [5.41, 5.74) is -1.37. The number of alkyl halides is 6. The number of rotatable bonds is 6. The minimum Gasteiger partial charge on any atom is -0.361 e. The molecule has 0 fully saturated rings. The number of aromatic nitrogens is 1. The molecule has 0 bridgehead atoms. The van der Waals surface area contributed by atoms with E-state index in [1.807, 2.05) is 24.3 Å². The maximum Gasteiger partial charge on any atom is 0.416 e. The molecule has 184 valence electrons. The van der Waals surface area contributed by atoms with E-state index in [4.69, 9.17) is 0 Å². The lowest BCUT2D eigenvalue weighted by molar-refractivity contribution is -0.143. The van der Waals surface area contributed by atoms with Gasteiger partial charge in [-0.15, -0.1) is 0 Å². The van der Waals surface area contributed by atoms with Crippen LogP contribution in [0.2, 0.25) is 0 Å². The van der Waals surface area contributed by atoms with Crippen LogP contribution in [-0.4, -0.2) is 19.9 Å². The van der Waals surface area contributed by atoms with Gasteiger partial charge in [0.1, 0.15) is 0 Å². The molecule has 1 aromatic heterocycles. The Bertz CT molecular complexity index is 1420. The molecule has 0 aliphatic rings. The third-order valence-electron chi connectivity index (χ3n) is 5.45. The molecule has 4 aromatic rings. The quantitative estimate of drug-likeness (QED) is 0.294. The fourth-order valence-electron chi connectivity index (χ4n) is 3.69. The first-order chi connectivity index (χ1) is 16.3. The zero-order valence-electron chi connectivity index (χ0n) is 17.8. The maximum absolute atomic E-state index is 13.1. The maximum atomic E-state index is 13.1. The summed E-state index contributed by atoms with van der Waals surface area (Å²) in [6, 6.07) is 13.4. The van der Waals surface area contributed by atoms with Crippen molar-refractivity contribution in [3.05, 3.63) is 89.6 Å². The normalized spacial score (nSPS) is 12.9. The zero-order chi connectivity index (χ0) is 25.4. The number of nitrogens with one attached hydrogen (secondary N) is 2. The Labute approximate surface area is 196 Å².